The van der Waals surface area contributed by atoms with E-state index >= 15 is 0 Å². The van der Waals surface area contributed by atoms with Crippen LogP contribution in [-0.4, -0.2) is 19.4 Å². The molecule has 0 saturated carbocycles. The summed E-state index contributed by atoms with van der Waals surface area (Å²) in [5.74, 6) is -0.244. The Labute approximate surface area is 154 Å². The molecule has 2 aliphatic rings. The van der Waals surface area contributed by atoms with Gasteiger partial charge in [-0.3, -0.25) is 4.79 Å². The van der Waals surface area contributed by atoms with E-state index < -0.39 is 0 Å². The first-order valence-electron chi connectivity index (χ1n) is 9.29. The molecule has 2 aromatic carbocycles. The molecule has 4 rings (SSSR count). The number of benzene rings is 2. The van der Waals surface area contributed by atoms with E-state index in [0.29, 0.717) is 5.56 Å². The van der Waals surface area contributed by atoms with Crippen molar-refractivity contribution < 1.29 is 14.3 Å². The van der Waals surface area contributed by atoms with Crippen LogP contribution in [-0.2, 0) is 36.8 Å². The lowest BCUT2D eigenvalue weighted by Gasteiger charge is -2.21. The lowest BCUT2D eigenvalue weighted by molar-refractivity contribution is 0.0599. The van der Waals surface area contributed by atoms with E-state index in [9.17, 15) is 9.59 Å². The van der Waals surface area contributed by atoms with Crippen LogP contribution < -0.4 is 0 Å². The number of fused-ring (bicyclic) bond motifs is 2. The first-order chi connectivity index (χ1) is 12.5. The van der Waals surface area contributed by atoms with Gasteiger partial charge in [-0.2, -0.15) is 0 Å². The van der Waals surface area contributed by atoms with E-state index in [1.807, 2.05) is 6.92 Å². The van der Waals surface area contributed by atoms with Crippen molar-refractivity contribution in [2.24, 2.45) is 5.41 Å². The van der Waals surface area contributed by atoms with E-state index in [-0.39, 0.29) is 11.4 Å². The normalized spacial score (nSPS) is 20.1. The molecule has 0 aliphatic heterocycles. The Morgan fingerprint density at radius 1 is 1.04 bits per heavy atom. The number of aldehydes is 1. The average molecular weight is 348 g/mol. The molecule has 0 bridgehead atoms. The summed E-state index contributed by atoms with van der Waals surface area (Å²) >= 11 is 0. The van der Waals surface area contributed by atoms with E-state index in [0.717, 1.165) is 55.1 Å². The van der Waals surface area contributed by atoms with Crippen molar-refractivity contribution in [2.45, 2.75) is 46.0 Å². The molecule has 3 heteroatoms. The molecule has 3 nitrogen and oxygen atoms in total. The standard InChI is InChI=1S/C23H24O3/c1-4-15-6-17-10-23(12-19(17)8-21(15)22(25)26-3)9-16-5-14(2)20(13-24)7-18(16)11-23/h5-8,13H,4,9-12H2,1-3H3. The predicted molar refractivity (Wildman–Crippen MR) is 101 cm³/mol. The third kappa shape index (κ3) is 2.57. The van der Waals surface area contributed by atoms with Crippen LogP contribution in [0.15, 0.2) is 24.3 Å². The Morgan fingerprint density at radius 3 is 2.19 bits per heavy atom. The molecule has 0 N–H and O–H groups in total. The fourth-order valence-electron chi connectivity index (χ4n) is 4.94. The van der Waals surface area contributed by atoms with Gasteiger partial charge < -0.3 is 4.74 Å². The van der Waals surface area contributed by atoms with Crippen LogP contribution in [0.25, 0.3) is 0 Å². The van der Waals surface area contributed by atoms with Gasteiger partial charge in [0.05, 0.1) is 12.7 Å². The second-order valence-electron chi connectivity index (χ2n) is 7.93. The summed E-state index contributed by atoms with van der Waals surface area (Å²) in [6.45, 7) is 4.09. The number of ether oxygens (including phenoxy) is 1. The van der Waals surface area contributed by atoms with Gasteiger partial charge in [-0.05, 0) is 90.0 Å². The molecule has 1 atom stereocenters. The minimum absolute atomic E-state index is 0.193. The number of hydrogen-bond donors (Lipinski definition) is 0. The lowest BCUT2D eigenvalue weighted by atomic mass is 9.82. The van der Waals surface area contributed by atoms with Crippen molar-refractivity contribution in [3.05, 3.63) is 68.8 Å². The summed E-state index contributed by atoms with van der Waals surface area (Å²) in [4.78, 5) is 23.4. The van der Waals surface area contributed by atoms with E-state index in [1.54, 1.807) is 0 Å². The van der Waals surface area contributed by atoms with Gasteiger partial charge in [0, 0.05) is 5.56 Å². The lowest BCUT2D eigenvalue weighted by Crippen LogP contribution is -2.21. The minimum Gasteiger partial charge on any atom is -0.465 e. The first kappa shape index (κ1) is 17.0. The number of methoxy groups -OCH3 is 1. The maximum absolute atomic E-state index is 12.1. The largest absolute Gasteiger partial charge is 0.465 e. The number of rotatable bonds is 3. The van der Waals surface area contributed by atoms with Gasteiger partial charge in [0.2, 0.25) is 0 Å². The molecular formula is C23H24O3. The van der Waals surface area contributed by atoms with Crippen LogP contribution in [0.2, 0.25) is 0 Å². The van der Waals surface area contributed by atoms with Crippen LogP contribution >= 0.6 is 0 Å². The van der Waals surface area contributed by atoms with Crippen molar-refractivity contribution in [1.82, 2.24) is 0 Å². The fourth-order valence-corrected chi connectivity index (χ4v) is 4.94. The van der Waals surface area contributed by atoms with Gasteiger partial charge in [-0.15, -0.1) is 0 Å². The SMILES string of the molecule is CCc1cc2c(cc1C(=O)OC)CC1(Cc3cc(C)c(C=O)cc3C1)C2. The molecule has 134 valence electrons. The molecule has 0 amide bonds. The highest BCUT2D eigenvalue weighted by atomic mass is 16.5. The fraction of sp³-hybridized carbons (Fsp3) is 0.391. The topological polar surface area (TPSA) is 43.4 Å². The Balaban J connectivity index is 1.69. The Hall–Kier alpha value is -2.42. The van der Waals surface area contributed by atoms with Gasteiger partial charge in [-0.25, -0.2) is 4.79 Å². The van der Waals surface area contributed by atoms with Gasteiger partial charge in [0.25, 0.3) is 0 Å². The number of esters is 1. The summed E-state index contributed by atoms with van der Waals surface area (Å²) in [6.07, 6.45) is 5.87. The van der Waals surface area contributed by atoms with Gasteiger partial charge in [0.1, 0.15) is 6.29 Å². The van der Waals surface area contributed by atoms with Crippen LogP contribution in [0.1, 0.15) is 61.0 Å². The summed E-state index contributed by atoms with van der Waals surface area (Å²) in [7, 11) is 1.44. The average Bonchev–Trinajstić information content (AvgIpc) is 3.15. The maximum Gasteiger partial charge on any atom is 0.338 e. The third-order valence-electron chi connectivity index (χ3n) is 6.19. The van der Waals surface area contributed by atoms with Crippen molar-refractivity contribution in [3.8, 4) is 0 Å². The van der Waals surface area contributed by atoms with Crippen LogP contribution in [0.5, 0.6) is 0 Å². The van der Waals surface area contributed by atoms with E-state index in [2.05, 4.69) is 31.2 Å². The molecule has 2 aliphatic carbocycles. The van der Waals surface area contributed by atoms with Crippen LogP contribution in [0.4, 0.5) is 0 Å². The van der Waals surface area contributed by atoms with Gasteiger partial charge in [0.15, 0.2) is 0 Å². The van der Waals surface area contributed by atoms with Gasteiger partial charge in [-0.1, -0.05) is 19.1 Å². The van der Waals surface area contributed by atoms with E-state index in [1.165, 1.54) is 29.4 Å². The Morgan fingerprint density at radius 2 is 1.62 bits per heavy atom. The molecule has 26 heavy (non-hydrogen) atoms. The van der Waals surface area contributed by atoms with Crippen LogP contribution in [0, 0.1) is 12.3 Å². The number of carbonyl (C=O) groups is 2. The first-order valence-corrected chi connectivity index (χ1v) is 9.29. The van der Waals surface area contributed by atoms with Crippen molar-refractivity contribution in [2.75, 3.05) is 7.11 Å². The van der Waals surface area contributed by atoms with E-state index in [4.69, 9.17) is 4.74 Å². The molecule has 0 saturated heterocycles. The predicted octanol–water partition coefficient (Wildman–Crippen LogP) is 4.04. The Kier molecular flexibility index (Phi) is 3.98. The smallest absolute Gasteiger partial charge is 0.338 e. The zero-order valence-electron chi connectivity index (χ0n) is 15.6. The summed E-state index contributed by atoms with van der Waals surface area (Å²) < 4.78 is 4.97. The second-order valence-corrected chi connectivity index (χ2v) is 7.93. The van der Waals surface area contributed by atoms with Crippen LogP contribution in [0.3, 0.4) is 0 Å². The molecule has 0 radical (unpaired) electrons. The molecule has 0 heterocycles. The quantitative estimate of drug-likeness (QED) is 0.621. The summed E-state index contributed by atoms with van der Waals surface area (Å²) in [6, 6.07) is 8.53. The number of carbonyl (C=O) groups excluding carboxylic acids is 2. The second kappa shape index (κ2) is 6.08. The highest BCUT2D eigenvalue weighted by molar-refractivity contribution is 5.91. The number of hydrogen-bond acceptors (Lipinski definition) is 3. The zero-order valence-corrected chi connectivity index (χ0v) is 15.6. The van der Waals surface area contributed by atoms with Gasteiger partial charge >= 0.3 is 5.97 Å². The molecule has 1 spiro atoms. The highest BCUT2D eigenvalue weighted by Crippen LogP contribution is 2.48. The van der Waals surface area contributed by atoms with Crippen molar-refractivity contribution in [3.63, 3.8) is 0 Å². The molecular weight excluding hydrogens is 324 g/mol. The summed E-state index contributed by atoms with van der Waals surface area (Å²) in [5.41, 5.74) is 9.18. The summed E-state index contributed by atoms with van der Waals surface area (Å²) in [5, 5.41) is 0. The molecule has 1 unspecified atom stereocenters. The maximum atomic E-state index is 12.1. The molecule has 2 aromatic rings. The zero-order chi connectivity index (χ0) is 18.5. The third-order valence-corrected chi connectivity index (χ3v) is 6.19. The molecule has 0 fully saturated rings. The highest BCUT2D eigenvalue weighted by Gasteiger charge is 2.42. The minimum atomic E-state index is -0.244. The monoisotopic (exact) mass is 348 g/mol. The number of aryl methyl sites for hydroxylation is 2. The van der Waals surface area contributed by atoms with Crippen molar-refractivity contribution >= 4 is 12.3 Å². The van der Waals surface area contributed by atoms with Crippen molar-refractivity contribution in [1.29, 1.82) is 0 Å². The molecule has 0 aromatic heterocycles. The Bertz CT molecular complexity index is 926.